The number of nitrogens with one attached hydrogen (secondary N) is 1. The van der Waals surface area contributed by atoms with Gasteiger partial charge in [-0.15, -0.1) is 0 Å². The first-order valence-corrected chi connectivity index (χ1v) is 6.84. The molecular weight excluding hydrogens is 236 g/mol. The fraction of sp³-hybridized carbons (Fsp3) is 0.375. The molecule has 2 aromatic rings. The van der Waals surface area contributed by atoms with Crippen molar-refractivity contribution in [3.8, 4) is 6.07 Å². The molecule has 3 rings (SSSR count). The van der Waals surface area contributed by atoms with Crippen LogP contribution in [0.4, 0.5) is 0 Å². The highest BCUT2D eigenvalue weighted by Crippen LogP contribution is 2.36. The van der Waals surface area contributed by atoms with Crippen LogP contribution in [0.5, 0.6) is 0 Å². The van der Waals surface area contributed by atoms with E-state index < -0.39 is 0 Å². The van der Waals surface area contributed by atoms with Gasteiger partial charge in [-0.3, -0.25) is 4.79 Å². The Kier molecular flexibility index (Phi) is 3.08. The maximum absolute atomic E-state index is 11.4. The summed E-state index contributed by atoms with van der Waals surface area (Å²) in [7, 11) is 0. The van der Waals surface area contributed by atoms with Gasteiger partial charge in [-0.1, -0.05) is 19.3 Å². The smallest absolute Gasteiger partial charge is 0.152 e. The molecule has 0 saturated heterocycles. The topological polar surface area (TPSA) is 56.6 Å². The SMILES string of the molecule is N#Cc1ccc2[nH]c(C3CCCCC3)c(C=O)c2c1. The summed E-state index contributed by atoms with van der Waals surface area (Å²) in [6.07, 6.45) is 7.01. The molecule has 3 heteroatoms. The Morgan fingerprint density at radius 2 is 2.05 bits per heavy atom. The molecule has 1 saturated carbocycles. The molecule has 1 aromatic carbocycles. The minimum atomic E-state index is 0.465. The summed E-state index contributed by atoms with van der Waals surface area (Å²) in [4.78, 5) is 14.8. The van der Waals surface area contributed by atoms with Crippen LogP contribution >= 0.6 is 0 Å². The van der Waals surface area contributed by atoms with Gasteiger partial charge in [0.1, 0.15) is 0 Å². The van der Waals surface area contributed by atoms with Gasteiger partial charge in [0.2, 0.25) is 0 Å². The number of aromatic nitrogens is 1. The number of nitrogens with zero attached hydrogens (tertiary/aromatic N) is 1. The summed E-state index contributed by atoms with van der Waals surface area (Å²) in [5, 5.41) is 9.85. The van der Waals surface area contributed by atoms with Gasteiger partial charge in [0.05, 0.1) is 11.6 Å². The van der Waals surface area contributed by atoms with Gasteiger partial charge in [0, 0.05) is 22.2 Å². The molecule has 19 heavy (non-hydrogen) atoms. The number of aromatic amines is 1. The van der Waals surface area contributed by atoms with Gasteiger partial charge in [0.15, 0.2) is 6.29 Å². The molecule has 0 unspecified atom stereocenters. The zero-order valence-electron chi connectivity index (χ0n) is 10.8. The summed E-state index contributed by atoms with van der Waals surface area (Å²) < 4.78 is 0. The molecule has 3 nitrogen and oxygen atoms in total. The van der Waals surface area contributed by atoms with Crippen molar-refractivity contribution < 1.29 is 4.79 Å². The monoisotopic (exact) mass is 252 g/mol. The summed E-state index contributed by atoms with van der Waals surface area (Å²) in [5.74, 6) is 0.465. The number of carbonyl (C=O) groups is 1. The molecule has 96 valence electrons. The molecular formula is C16H16N2O. The number of hydrogen-bond acceptors (Lipinski definition) is 2. The number of H-pyrrole nitrogens is 1. The third kappa shape index (κ3) is 2.04. The van der Waals surface area contributed by atoms with Crippen LogP contribution in [-0.4, -0.2) is 11.3 Å². The standard InChI is InChI=1S/C16H16N2O/c17-9-11-6-7-15-13(8-11)14(10-19)16(18-15)12-4-2-1-3-5-12/h6-8,10,12,18H,1-5H2. The van der Waals surface area contributed by atoms with Gasteiger partial charge in [-0.2, -0.15) is 5.26 Å². The Labute approximate surface area is 112 Å². The van der Waals surface area contributed by atoms with Crippen LogP contribution in [-0.2, 0) is 0 Å². The van der Waals surface area contributed by atoms with Gasteiger partial charge >= 0.3 is 0 Å². The van der Waals surface area contributed by atoms with Crippen LogP contribution < -0.4 is 0 Å². The van der Waals surface area contributed by atoms with E-state index in [-0.39, 0.29) is 0 Å². The van der Waals surface area contributed by atoms with Crippen molar-refractivity contribution in [2.45, 2.75) is 38.0 Å². The first kappa shape index (κ1) is 12.0. The average molecular weight is 252 g/mol. The lowest BCUT2D eigenvalue weighted by atomic mass is 9.85. The molecule has 1 heterocycles. The Hall–Kier alpha value is -2.08. The molecule has 0 spiro atoms. The van der Waals surface area contributed by atoms with Gasteiger partial charge in [-0.05, 0) is 37.0 Å². The Morgan fingerprint density at radius 3 is 2.74 bits per heavy atom. The summed E-state index contributed by atoms with van der Waals surface area (Å²) in [6, 6.07) is 7.62. The molecule has 0 amide bonds. The lowest BCUT2D eigenvalue weighted by molar-refractivity contribution is 0.112. The molecule has 0 atom stereocenters. The number of rotatable bonds is 2. The fourth-order valence-corrected chi connectivity index (χ4v) is 3.14. The van der Waals surface area contributed by atoms with Crippen molar-refractivity contribution in [1.29, 1.82) is 5.26 Å². The predicted octanol–water partition coefficient (Wildman–Crippen LogP) is 3.90. The Balaban J connectivity index is 2.14. The quantitative estimate of drug-likeness (QED) is 0.824. The van der Waals surface area contributed by atoms with Crippen LogP contribution in [0.2, 0.25) is 0 Å². The Bertz CT molecular complexity index is 657. The molecule has 0 radical (unpaired) electrons. The van der Waals surface area contributed by atoms with E-state index in [9.17, 15) is 4.79 Å². The number of fused-ring (bicyclic) bond motifs is 1. The molecule has 1 aliphatic rings. The third-order valence-corrected chi connectivity index (χ3v) is 4.13. The largest absolute Gasteiger partial charge is 0.358 e. The van der Waals surface area contributed by atoms with Crippen LogP contribution in [0.1, 0.15) is 59.6 Å². The van der Waals surface area contributed by atoms with E-state index in [0.29, 0.717) is 11.5 Å². The maximum Gasteiger partial charge on any atom is 0.152 e. The number of nitriles is 1. The van der Waals surface area contributed by atoms with Crippen molar-refractivity contribution in [2.24, 2.45) is 0 Å². The van der Waals surface area contributed by atoms with Crippen molar-refractivity contribution >= 4 is 17.2 Å². The average Bonchev–Trinajstić information content (AvgIpc) is 2.85. The van der Waals surface area contributed by atoms with Crippen molar-refractivity contribution in [3.05, 3.63) is 35.0 Å². The molecule has 0 bridgehead atoms. The Morgan fingerprint density at radius 1 is 1.26 bits per heavy atom. The number of carbonyl (C=O) groups excluding carboxylic acids is 1. The highest BCUT2D eigenvalue weighted by molar-refractivity contribution is 5.99. The first-order chi connectivity index (χ1) is 9.33. The van der Waals surface area contributed by atoms with E-state index in [2.05, 4.69) is 11.1 Å². The number of hydrogen-bond donors (Lipinski definition) is 1. The highest BCUT2D eigenvalue weighted by atomic mass is 16.1. The van der Waals surface area contributed by atoms with E-state index in [1.165, 1.54) is 19.3 Å². The molecule has 1 N–H and O–H groups in total. The van der Waals surface area contributed by atoms with Crippen molar-refractivity contribution in [3.63, 3.8) is 0 Å². The van der Waals surface area contributed by atoms with Gasteiger partial charge in [-0.25, -0.2) is 0 Å². The van der Waals surface area contributed by atoms with Crippen LogP contribution in [0, 0.1) is 11.3 Å². The summed E-state index contributed by atoms with van der Waals surface area (Å²) in [5.41, 5.74) is 3.38. The summed E-state index contributed by atoms with van der Waals surface area (Å²) >= 11 is 0. The zero-order chi connectivity index (χ0) is 13.2. The molecule has 0 aliphatic heterocycles. The minimum absolute atomic E-state index is 0.465. The second-order valence-corrected chi connectivity index (χ2v) is 5.28. The van der Waals surface area contributed by atoms with E-state index in [1.807, 2.05) is 12.1 Å². The lowest BCUT2D eigenvalue weighted by Crippen LogP contribution is -2.06. The molecule has 1 aliphatic carbocycles. The van der Waals surface area contributed by atoms with Crippen molar-refractivity contribution in [2.75, 3.05) is 0 Å². The molecule has 1 fully saturated rings. The summed E-state index contributed by atoms with van der Waals surface area (Å²) in [6.45, 7) is 0. The maximum atomic E-state index is 11.4. The predicted molar refractivity (Wildman–Crippen MR) is 74.2 cm³/mol. The third-order valence-electron chi connectivity index (χ3n) is 4.13. The second-order valence-electron chi connectivity index (χ2n) is 5.28. The second kappa shape index (κ2) is 4.89. The van der Waals surface area contributed by atoms with Crippen LogP contribution in [0.25, 0.3) is 10.9 Å². The highest BCUT2D eigenvalue weighted by Gasteiger charge is 2.22. The number of benzene rings is 1. The van der Waals surface area contributed by atoms with Crippen molar-refractivity contribution in [1.82, 2.24) is 4.98 Å². The van der Waals surface area contributed by atoms with E-state index >= 15 is 0 Å². The van der Waals surface area contributed by atoms with E-state index in [4.69, 9.17) is 5.26 Å². The van der Waals surface area contributed by atoms with E-state index in [1.54, 1.807) is 6.07 Å². The first-order valence-electron chi connectivity index (χ1n) is 6.84. The van der Waals surface area contributed by atoms with Crippen LogP contribution in [0.3, 0.4) is 0 Å². The lowest BCUT2D eigenvalue weighted by Gasteiger charge is -2.21. The van der Waals surface area contributed by atoms with Gasteiger partial charge < -0.3 is 4.98 Å². The fourth-order valence-electron chi connectivity index (χ4n) is 3.14. The zero-order valence-corrected chi connectivity index (χ0v) is 10.8. The molecule has 1 aromatic heterocycles. The number of aldehydes is 1. The minimum Gasteiger partial charge on any atom is -0.358 e. The normalized spacial score (nSPS) is 16.4. The van der Waals surface area contributed by atoms with Crippen LogP contribution in [0.15, 0.2) is 18.2 Å². The van der Waals surface area contributed by atoms with E-state index in [0.717, 1.165) is 41.3 Å². The van der Waals surface area contributed by atoms with Gasteiger partial charge in [0.25, 0.3) is 0 Å².